The maximum atomic E-state index is 13.7. The molecular weight excluding hydrogens is 305 g/mol. The van der Waals surface area contributed by atoms with Gasteiger partial charge in [-0.3, -0.25) is 0 Å². The monoisotopic (exact) mass is 317 g/mol. The second kappa shape index (κ2) is 7.49. The van der Waals surface area contributed by atoms with Gasteiger partial charge >= 0.3 is 11.9 Å². The van der Waals surface area contributed by atoms with Crippen LogP contribution < -0.4 is 10.1 Å². The van der Waals surface area contributed by atoms with E-state index in [1.807, 2.05) is 0 Å². The number of anilines is 1. The Bertz CT molecular complexity index is 565. The molecule has 6 nitrogen and oxygen atoms in total. The predicted octanol–water partition coefficient (Wildman–Crippen LogP) is 2.13. The van der Waals surface area contributed by atoms with E-state index in [2.05, 4.69) is 14.8 Å². The van der Waals surface area contributed by atoms with E-state index in [1.165, 1.54) is 13.2 Å². The molecule has 0 saturated heterocycles. The quantitative estimate of drug-likeness (QED) is 0.662. The summed E-state index contributed by atoms with van der Waals surface area (Å²) in [6.45, 7) is 0. The fourth-order valence-corrected chi connectivity index (χ4v) is 1.70. The summed E-state index contributed by atoms with van der Waals surface area (Å²) in [7, 11) is 3.56. The number of halogens is 2. The summed E-state index contributed by atoms with van der Waals surface area (Å²) in [6.07, 6.45) is 0.877. The Balaban J connectivity index is 3.13. The molecule has 0 spiro atoms. The predicted molar refractivity (Wildman–Crippen MR) is 73.7 cm³/mol. The lowest BCUT2D eigenvalue weighted by Gasteiger charge is -2.11. The Morgan fingerprint density at radius 3 is 2.38 bits per heavy atom. The molecule has 0 bridgehead atoms. The number of methoxy groups -OCH3 is 3. The average molecular weight is 318 g/mol. The van der Waals surface area contributed by atoms with E-state index < -0.39 is 17.8 Å². The molecule has 0 aliphatic carbocycles. The van der Waals surface area contributed by atoms with Crippen molar-refractivity contribution in [3.8, 4) is 5.75 Å². The lowest BCUT2D eigenvalue weighted by Crippen LogP contribution is -2.15. The molecular formula is C13H13ClFNO5. The molecule has 0 aliphatic heterocycles. The van der Waals surface area contributed by atoms with Crippen molar-refractivity contribution in [2.45, 2.75) is 0 Å². The SMILES string of the molecule is COC(=O)/C=C(/Nc1cc(F)c(OC)c(Cl)c1)C(=O)OC. The molecule has 1 aromatic carbocycles. The molecule has 0 saturated carbocycles. The number of ether oxygens (including phenoxy) is 3. The first-order chi connectivity index (χ1) is 9.92. The van der Waals surface area contributed by atoms with E-state index in [1.54, 1.807) is 0 Å². The summed E-state index contributed by atoms with van der Waals surface area (Å²) in [4.78, 5) is 22.7. The number of carbonyl (C=O) groups excluding carboxylic acids is 2. The van der Waals surface area contributed by atoms with Gasteiger partial charge < -0.3 is 19.5 Å². The Kier molecular flexibility index (Phi) is 5.98. The third-order valence-corrected chi connectivity index (χ3v) is 2.63. The molecule has 114 valence electrons. The molecule has 0 aromatic heterocycles. The number of hydrogen-bond acceptors (Lipinski definition) is 6. The molecule has 0 radical (unpaired) electrons. The van der Waals surface area contributed by atoms with Crippen molar-refractivity contribution >= 4 is 29.2 Å². The number of rotatable bonds is 5. The zero-order chi connectivity index (χ0) is 16.0. The van der Waals surface area contributed by atoms with Gasteiger partial charge in [-0.2, -0.15) is 0 Å². The van der Waals surface area contributed by atoms with Crippen LogP contribution in [0.25, 0.3) is 0 Å². The normalized spacial score (nSPS) is 10.8. The van der Waals surface area contributed by atoms with Gasteiger partial charge in [0.05, 0.1) is 32.4 Å². The number of esters is 2. The highest BCUT2D eigenvalue weighted by Gasteiger charge is 2.15. The van der Waals surface area contributed by atoms with Crippen molar-refractivity contribution in [2.75, 3.05) is 26.6 Å². The van der Waals surface area contributed by atoms with E-state index in [9.17, 15) is 14.0 Å². The van der Waals surface area contributed by atoms with Crippen LogP contribution in [0.2, 0.25) is 5.02 Å². The summed E-state index contributed by atoms with van der Waals surface area (Å²) in [5, 5.41) is 2.54. The molecule has 0 aliphatic rings. The van der Waals surface area contributed by atoms with Gasteiger partial charge in [-0.05, 0) is 6.07 Å². The fraction of sp³-hybridized carbons (Fsp3) is 0.231. The first-order valence-electron chi connectivity index (χ1n) is 5.61. The van der Waals surface area contributed by atoms with Gasteiger partial charge in [-0.25, -0.2) is 14.0 Å². The number of hydrogen-bond donors (Lipinski definition) is 1. The van der Waals surface area contributed by atoms with Gasteiger partial charge in [-0.15, -0.1) is 0 Å². The van der Waals surface area contributed by atoms with E-state index >= 15 is 0 Å². The zero-order valence-corrected chi connectivity index (χ0v) is 12.3. The minimum Gasteiger partial charge on any atom is -0.492 e. The van der Waals surface area contributed by atoms with Crippen LogP contribution in [0.4, 0.5) is 10.1 Å². The Labute approximate surface area is 125 Å². The van der Waals surface area contributed by atoms with E-state index in [-0.39, 0.29) is 22.2 Å². The molecule has 8 heteroatoms. The van der Waals surface area contributed by atoms with Crippen LogP contribution in [0, 0.1) is 5.82 Å². The first kappa shape index (κ1) is 16.8. The van der Waals surface area contributed by atoms with Crippen LogP contribution in [0.15, 0.2) is 23.9 Å². The first-order valence-corrected chi connectivity index (χ1v) is 5.98. The summed E-state index contributed by atoms with van der Waals surface area (Å²) in [5.74, 6) is -2.45. The van der Waals surface area contributed by atoms with Gasteiger partial charge in [-0.1, -0.05) is 11.6 Å². The molecule has 0 fully saturated rings. The van der Waals surface area contributed by atoms with Crippen molar-refractivity contribution in [3.63, 3.8) is 0 Å². The molecule has 0 amide bonds. The van der Waals surface area contributed by atoms with Gasteiger partial charge in [0.1, 0.15) is 5.70 Å². The number of carbonyl (C=O) groups is 2. The Hall–Kier alpha value is -2.28. The van der Waals surface area contributed by atoms with Crippen molar-refractivity contribution < 1.29 is 28.2 Å². The van der Waals surface area contributed by atoms with Crippen molar-refractivity contribution in [2.24, 2.45) is 0 Å². The largest absolute Gasteiger partial charge is 0.492 e. The van der Waals surface area contributed by atoms with E-state index in [0.717, 1.165) is 26.4 Å². The third kappa shape index (κ3) is 4.35. The van der Waals surface area contributed by atoms with Crippen molar-refractivity contribution in [1.82, 2.24) is 0 Å². The van der Waals surface area contributed by atoms with E-state index in [4.69, 9.17) is 16.3 Å². The maximum absolute atomic E-state index is 13.7. The number of benzene rings is 1. The molecule has 1 rings (SSSR count). The molecule has 0 heterocycles. The summed E-state index contributed by atoms with van der Waals surface area (Å²) < 4.78 is 27.4. The van der Waals surface area contributed by atoms with Crippen LogP contribution in [0.1, 0.15) is 0 Å². The zero-order valence-electron chi connectivity index (χ0n) is 11.5. The lowest BCUT2D eigenvalue weighted by molar-refractivity contribution is -0.138. The minimum atomic E-state index is -0.826. The van der Waals surface area contributed by atoms with Crippen molar-refractivity contribution in [3.05, 3.63) is 34.7 Å². The van der Waals surface area contributed by atoms with Gasteiger partial charge in [0.2, 0.25) is 0 Å². The second-order valence-corrected chi connectivity index (χ2v) is 4.08. The van der Waals surface area contributed by atoms with Gasteiger partial charge in [0.25, 0.3) is 0 Å². The van der Waals surface area contributed by atoms with Crippen LogP contribution >= 0.6 is 11.6 Å². The average Bonchev–Trinajstić information content (AvgIpc) is 2.45. The topological polar surface area (TPSA) is 73.9 Å². The summed E-state index contributed by atoms with van der Waals surface area (Å²) >= 11 is 5.83. The molecule has 1 aromatic rings. The van der Waals surface area contributed by atoms with Crippen LogP contribution in [-0.4, -0.2) is 33.3 Å². The Morgan fingerprint density at radius 2 is 1.90 bits per heavy atom. The smallest absolute Gasteiger partial charge is 0.354 e. The minimum absolute atomic E-state index is 0.00211. The van der Waals surface area contributed by atoms with Crippen LogP contribution in [-0.2, 0) is 19.1 Å². The molecule has 21 heavy (non-hydrogen) atoms. The van der Waals surface area contributed by atoms with Gasteiger partial charge in [0.15, 0.2) is 11.6 Å². The second-order valence-electron chi connectivity index (χ2n) is 3.67. The summed E-state index contributed by atoms with van der Waals surface area (Å²) in [6, 6.07) is 2.39. The fourth-order valence-electron chi connectivity index (χ4n) is 1.42. The highest BCUT2D eigenvalue weighted by atomic mass is 35.5. The van der Waals surface area contributed by atoms with Crippen LogP contribution in [0.3, 0.4) is 0 Å². The highest BCUT2D eigenvalue weighted by Crippen LogP contribution is 2.31. The van der Waals surface area contributed by atoms with Gasteiger partial charge in [0, 0.05) is 11.8 Å². The van der Waals surface area contributed by atoms with Crippen molar-refractivity contribution in [1.29, 1.82) is 0 Å². The Morgan fingerprint density at radius 1 is 1.24 bits per heavy atom. The molecule has 0 unspecified atom stereocenters. The third-order valence-electron chi connectivity index (χ3n) is 2.35. The highest BCUT2D eigenvalue weighted by molar-refractivity contribution is 6.32. The maximum Gasteiger partial charge on any atom is 0.354 e. The number of nitrogens with one attached hydrogen (secondary N) is 1. The van der Waals surface area contributed by atoms with E-state index in [0.29, 0.717) is 0 Å². The lowest BCUT2D eigenvalue weighted by atomic mass is 10.2. The molecule has 1 N–H and O–H groups in total. The standard InChI is InChI=1S/C13H13ClFNO5/c1-19-11(17)6-10(13(18)21-3)16-7-4-8(14)12(20-2)9(15)5-7/h4-6,16H,1-3H3/b10-6+. The summed E-state index contributed by atoms with van der Waals surface area (Å²) in [5.41, 5.74) is -0.0937. The van der Waals surface area contributed by atoms with Crippen LogP contribution in [0.5, 0.6) is 5.75 Å². The molecule has 0 atom stereocenters.